The number of esters is 1. The Balaban J connectivity index is 1.14. The van der Waals surface area contributed by atoms with Crippen LogP contribution in [-0.2, 0) is 14.3 Å². The van der Waals surface area contributed by atoms with Gasteiger partial charge in [-0.3, -0.25) is 14.4 Å². The zero-order valence-electron chi connectivity index (χ0n) is 21.2. The molecule has 1 atom stereocenters. The van der Waals surface area contributed by atoms with Gasteiger partial charge >= 0.3 is 5.97 Å². The van der Waals surface area contributed by atoms with Gasteiger partial charge in [-0.05, 0) is 66.2 Å². The van der Waals surface area contributed by atoms with E-state index in [1.54, 1.807) is 48.5 Å². The van der Waals surface area contributed by atoms with Crippen molar-refractivity contribution in [2.24, 2.45) is 5.10 Å². The van der Waals surface area contributed by atoms with Crippen LogP contribution in [0.5, 0.6) is 11.5 Å². The molecule has 40 heavy (non-hydrogen) atoms. The van der Waals surface area contributed by atoms with Gasteiger partial charge in [0.1, 0.15) is 29.8 Å². The number of halogens is 1. The zero-order chi connectivity index (χ0) is 27.9. The molecule has 10 heteroatoms. The van der Waals surface area contributed by atoms with Crippen molar-refractivity contribution in [3.05, 3.63) is 119 Å². The number of nitrogens with one attached hydrogen (secondary N) is 1. The molecule has 0 fully saturated rings. The van der Waals surface area contributed by atoms with Crippen LogP contribution in [0.1, 0.15) is 34.1 Å². The molecule has 9 nitrogen and oxygen atoms in total. The average molecular weight is 558 g/mol. The second kappa shape index (κ2) is 12.3. The number of hydrazone groups is 1. The number of hydrogen-bond donors (Lipinski definition) is 1. The summed E-state index contributed by atoms with van der Waals surface area (Å²) >= 11 is 5.99. The molecule has 3 aromatic carbocycles. The monoisotopic (exact) mass is 557 g/mol. The van der Waals surface area contributed by atoms with Gasteiger partial charge in [-0.25, -0.2) is 5.01 Å². The molecule has 1 N–H and O–H groups in total. The molecule has 0 bridgehead atoms. The molecule has 2 amide bonds. The minimum Gasteiger partial charge on any atom is -0.467 e. The van der Waals surface area contributed by atoms with Crippen LogP contribution in [0.25, 0.3) is 0 Å². The fourth-order valence-corrected chi connectivity index (χ4v) is 4.20. The van der Waals surface area contributed by atoms with E-state index in [9.17, 15) is 14.4 Å². The first-order chi connectivity index (χ1) is 19.5. The quantitative estimate of drug-likeness (QED) is 0.277. The molecule has 1 aromatic heterocycles. The van der Waals surface area contributed by atoms with E-state index in [0.29, 0.717) is 40.0 Å². The van der Waals surface area contributed by atoms with E-state index < -0.39 is 37.0 Å². The number of hydrogen-bond acceptors (Lipinski definition) is 7. The lowest BCUT2D eigenvalue weighted by Gasteiger charge is -2.19. The van der Waals surface area contributed by atoms with E-state index >= 15 is 0 Å². The number of nitrogens with zero attached hydrogens (tertiary/aromatic N) is 2. The summed E-state index contributed by atoms with van der Waals surface area (Å²) in [7, 11) is 0. The van der Waals surface area contributed by atoms with Gasteiger partial charge < -0.3 is 19.2 Å². The van der Waals surface area contributed by atoms with Gasteiger partial charge in [0, 0.05) is 17.0 Å². The Morgan fingerprint density at radius 3 is 2.35 bits per heavy atom. The van der Waals surface area contributed by atoms with Crippen molar-refractivity contribution in [3.8, 4) is 11.5 Å². The van der Waals surface area contributed by atoms with Crippen LogP contribution in [0.2, 0.25) is 5.02 Å². The highest BCUT2D eigenvalue weighted by Crippen LogP contribution is 2.33. The van der Waals surface area contributed by atoms with Crippen molar-refractivity contribution < 1.29 is 28.3 Å². The van der Waals surface area contributed by atoms with Gasteiger partial charge in [0.15, 0.2) is 6.61 Å². The molecule has 0 saturated heterocycles. The fraction of sp³-hybridized carbons (Fsp3) is 0.133. The summed E-state index contributed by atoms with van der Waals surface area (Å²) in [4.78, 5) is 37.7. The molecule has 0 spiro atoms. The van der Waals surface area contributed by atoms with Crippen LogP contribution in [0, 0.1) is 0 Å². The Hall–Kier alpha value is -4.89. The number of carbonyl (C=O) groups is 3. The van der Waals surface area contributed by atoms with Crippen LogP contribution in [-0.4, -0.2) is 41.7 Å². The Morgan fingerprint density at radius 2 is 1.65 bits per heavy atom. The van der Waals surface area contributed by atoms with E-state index in [2.05, 4.69) is 10.4 Å². The summed E-state index contributed by atoms with van der Waals surface area (Å²) in [5, 5.41) is 8.82. The maximum atomic E-state index is 13.0. The molecule has 202 valence electrons. The van der Waals surface area contributed by atoms with E-state index in [1.165, 1.54) is 11.3 Å². The van der Waals surface area contributed by atoms with Gasteiger partial charge in [-0.15, -0.1) is 0 Å². The SMILES string of the molecule is O=C(CNC(=O)c1ccc(Oc2ccccc2)cc1)OCC(=O)N1N=C(c2ccc(Cl)cc2)C[C@@H]1c1ccco1. The first kappa shape index (κ1) is 26.7. The topological polar surface area (TPSA) is 110 Å². The van der Waals surface area contributed by atoms with E-state index in [1.807, 2.05) is 42.5 Å². The molecule has 1 aliphatic heterocycles. The van der Waals surface area contributed by atoms with E-state index in [4.69, 9.17) is 25.5 Å². The lowest BCUT2D eigenvalue weighted by Crippen LogP contribution is -2.34. The normalized spacial score (nSPS) is 14.4. The van der Waals surface area contributed by atoms with E-state index in [-0.39, 0.29) is 0 Å². The Bertz CT molecular complexity index is 1500. The summed E-state index contributed by atoms with van der Waals surface area (Å²) in [6, 6.07) is 25.9. The maximum absolute atomic E-state index is 13.0. The number of rotatable bonds is 9. The molecule has 5 rings (SSSR count). The fourth-order valence-electron chi connectivity index (χ4n) is 4.07. The smallest absolute Gasteiger partial charge is 0.325 e. The predicted molar refractivity (Wildman–Crippen MR) is 147 cm³/mol. The minimum atomic E-state index is -0.763. The first-order valence-electron chi connectivity index (χ1n) is 12.4. The molecular weight excluding hydrogens is 534 g/mol. The van der Waals surface area contributed by atoms with Gasteiger partial charge in [0.2, 0.25) is 0 Å². The van der Waals surface area contributed by atoms with Gasteiger partial charge in [0.25, 0.3) is 11.8 Å². The summed E-state index contributed by atoms with van der Waals surface area (Å²) in [5.74, 6) is 0.0371. The van der Waals surface area contributed by atoms with Crippen molar-refractivity contribution in [2.75, 3.05) is 13.2 Å². The number of carbonyl (C=O) groups excluding carboxylic acids is 3. The Kier molecular flexibility index (Phi) is 8.22. The highest BCUT2D eigenvalue weighted by Gasteiger charge is 2.35. The molecule has 0 unspecified atom stereocenters. The van der Waals surface area contributed by atoms with Crippen LogP contribution < -0.4 is 10.1 Å². The lowest BCUT2D eigenvalue weighted by molar-refractivity contribution is -0.152. The third kappa shape index (κ3) is 6.57. The second-order valence-corrected chi connectivity index (χ2v) is 9.25. The Morgan fingerprint density at radius 1 is 0.925 bits per heavy atom. The third-order valence-corrected chi connectivity index (χ3v) is 6.31. The number of ether oxygens (including phenoxy) is 2. The highest BCUT2D eigenvalue weighted by atomic mass is 35.5. The highest BCUT2D eigenvalue weighted by molar-refractivity contribution is 6.30. The average Bonchev–Trinajstić information content (AvgIpc) is 3.67. The van der Waals surface area contributed by atoms with Crippen LogP contribution in [0.4, 0.5) is 0 Å². The number of furan rings is 1. The summed E-state index contributed by atoms with van der Waals surface area (Å²) in [5.41, 5.74) is 1.83. The summed E-state index contributed by atoms with van der Waals surface area (Å²) in [6.45, 7) is -0.954. The molecular formula is C30H24ClN3O6. The van der Waals surface area contributed by atoms with Crippen LogP contribution >= 0.6 is 11.6 Å². The number of para-hydroxylation sites is 1. The molecule has 4 aromatic rings. The van der Waals surface area contributed by atoms with Gasteiger partial charge in [0.05, 0.1) is 12.0 Å². The van der Waals surface area contributed by atoms with Crippen molar-refractivity contribution in [1.29, 1.82) is 0 Å². The lowest BCUT2D eigenvalue weighted by atomic mass is 10.0. The minimum absolute atomic E-state index is 0.340. The van der Waals surface area contributed by atoms with Crippen molar-refractivity contribution in [3.63, 3.8) is 0 Å². The zero-order valence-corrected chi connectivity index (χ0v) is 21.9. The van der Waals surface area contributed by atoms with Crippen molar-refractivity contribution in [1.82, 2.24) is 10.3 Å². The second-order valence-electron chi connectivity index (χ2n) is 8.81. The third-order valence-electron chi connectivity index (χ3n) is 6.06. The maximum Gasteiger partial charge on any atom is 0.325 e. The molecule has 0 aliphatic carbocycles. The van der Waals surface area contributed by atoms with E-state index in [0.717, 1.165) is 5.56 Å². The molecule has 0 saturated carbocycles. The molecule has 0 radical (unpaired) electrons. The molecule has 2 heterocycles. The first-order valence-corrected chi connectivity index (χ1v) is 12.8. The number of benzene rings is 3. The summed E-state index contributed by atoms with van der Waals surface area (Å²) in [6.07, 6.45) is 1.94. The van der Waals surface area contributed by atoms with Crippen LogP contribution in [0.15, 0.2) is 107 Å². The van der Waals surface area contributed by atoms with Gasteiger partial charge in [-0.1, -0.05) is 41.9 Å². The van der Waals surface area contributed by atoms with Crippen molar-refractivity contribution in [2.45, 2.75) is 12.5 Å². The summed E-state index contributed by atoms with van der Waals surface area (Å²) < 4.78 is 16.4. The molecule has 1 aliphatic rings. The van der Waals surface area contributed by atoms with Crippen LogP contribution in [0.3, 0.4) is 0 Å². The van der Waals surface area contributed by atoms with Gasteiger partial charge in [-0.2, -0.15) is 5.10 Å². The van der Waals surface area contributed by atoms with Crippen molar-refractivity contribution >= 4 is 35.1 Å². The predicted octanol–water partition coefficient (Wildman–Crippen LogP) is 5.38. The number of amides is 2. The standard InChI is InChI=1S/C30H24ClN3O6/c31-22-12-8-20(9-13-22)25-17-26(27-7-4-16-38-27)34(33-25)28(35)19-39-29(36)18-32-30(37)21-10-14-24(15-11-21)40-23-5-2-1-3-6-23/h1-16,26H,17-19H2,(H,32,37)/t26-/m1/s1. The largest absolute Gasteiger partial charge is 0.467 e. The Labute approximate surface area is 235 Å².